The maximum atomic E-state index is 10.1. The van der Waals surface area contributed by atoms with E-state index in [1.165, 1.54) is 24.0 Å². The summed E-state index contributed by atoms with van der Waals surface area (Å²) in [5.74, 6) is 0. The summed E-state index contributed by atoms with van der Waals surface area (Å²) in [4.78, 5) is 0. The van der Waals surface area contributed by atoms with Crippen molar-refractivity contribution >= 4 is 0 Å². The number of benzene rings is 1. The zero-order valence-corrected chi connectivity index (χ0v) is 10.4. The molecule has 1 aromatic carbocycles. The van der Waals surface area contributed by atoms with Gasteiger partial charge < -0.3 is 9.84 Å². The predicted octanol–water partition coefficient (Wildman–Crippen LogP) is 2.43. The SMILES string of the molecule is COCC1(c2ccccc2CC2(O)CC2)CC1. The van der Waals surface area contributed by atoms with Crippen molar-refractivity contribution in [3.63, 3.8) is 0 Å². The molecule has 1 aromatic rings. The van der Waals surface area contributed by atoms with E-state index in [0.29, 0.717) is 0 Å². The summed E-state index contributed by atoms with van der Waals surface area (Å²) in [5, 5.41) is 10.1. The van der Waals surface area contributed by atoms with Crippen LogP contribution in [-0.4, -0.2) is 24.4 Å². The van der Waals surface area contributed by atoms with E-state index in [4.69, 9.17) is 4.74 Å². The van der Waals surface area contributed by atoms with Crippen molar-refractivity contribution in [3.8, 4) is 0 Å². The third-order valence-electron chi connectivity index (χ3n) is 4.21. The Hall–Kier alpha value is -0.860. The largest absolute Gasteiger partial charge is 0.390 e. The molecule has 2 nitrogen and oxygen atoms in total. The Balaban J connectivity index is 1.88. The normalized spacial score (nSPS) is 23.4. The smallest absolute Gasteiger partial charge is 0.0690 e. The minimum Gasteiger partial charge on any atom is -0.390 e. The molecule has 0 unspecified atom stereocenters. The molecule has 0 bridgehead atoms. The second-order valence-corrected chi connectivity index (χ2v) is 5.77. The van der Waals surface area contributed by atoms with Crippen molar-refractivity contribution in [2.75, 3.05) is 13.7 Å². The highest BCUT2D eigenvalue weighted by Gasteiger charge is 2.47. The monoisotopic (exact) mass is 232 g/mol. The first-order chi connectivity index (χ1) is 8.18. The molecule has 2 heteroatoms. The average molecular weight is 232 g/mol. The van der Waals surface area contributed by atoms with Gasteiger partial charge in [0.15, 0.2) is 0 Å². The van der Waals surface area contributed by atoms with E-state index in [1.807, 2.05) is 0 Å². The molecular formula is C15H20O2. The van der Waals surface area contributed by atoms with Crippen LogP contribution in [0, 0.1) is 0 Å². The lowest BCUT2D eigenvalue weighted by Gasteiger charge is -2.20. The Bertz CT molecular complexity index is 417. The third-order valence-corrected chi connectivity index (χ3v) is 4.21. The molecule has 0 saturated heterocycles. The van der Waals surface area contributed by atoms with Gasteiger partial charge in [0.2, 0.25) is 0 Å². The molecular weight excluding hydrogens is 212 g/mol. The lowest BCUT2D eigenvalue weighted by atomic mass is 9.89. The molecule has 0 aromatic heterocycles. The van der Waals surface area contributed by atoms with E-state index in [0.717, 1.165) is 25.9 Å². The number of ether oxygens (including phenoxy) is 1. The minimum atomic E-state index is -0.404. The highest BCUT2D eigenvalue weighted by atomic mass is 16.5. The molecule has 0 spiro atoms. The van der Waals surface area contributed by atoms with Crippen LogP contribution >= 0.6 is 0 Å². The van der Waals surface area contributed by atoms with Crippen LogP contribution in [0.3, 0.4) is 0 Å². The lowest BCUT2D eigenvalue weighted by molar-refractivity contribution is 0.148. The number of hydrogen-bond acceptors (Lipinski definition) is 2. The Morgan fingerprint density at radius 1 is 1.18 bits per heavy atom. The first kappa shape index (κ1) is 11.2. The molecule has 0 amide bonds. The fourth-order valence-electron chi connectivity index (χ4n) is 2.79. The van der Waals surface area contributed by atoms with Crippen molar-refractivity contribution in [2.24, 2.45) is 0 Å². The Labute approximate surface area is 103 Å². The summed E-state index contributed by atoms with van der Waals surface area (Å²) >= 11 is 0. The molecule has 3 rings (SSSR count). The van der Waals surface area contributed by atoms with Crippen LogP contribution in [0.1, 0.15) is 36.8 Å². The van der Waals surface area contributed by atoms with E-state index in [1.54, 1.807) is 7.11 Å². The molecule has 0 aliphatic heterocycles. The number of rotatable bonds is 5. The first-order valence-corrected chi connectivity index (χ1v) is 6.47. The highest BCUT2D eigenvalue weighted by Crippen LogP contribution is 2.50. The van der Waals surface area contributed by atoms with Crippen LogP contribution in [0.15, 0.2) is 24.3 Å². The molecule has 0 heterocycles. The van der Waals surface area contributed by atoms with Crippen molar-refractivity contribution in [1.29, 1.82) is 0 Å². The Morgan fingerprint density at radius 3 is 2.47 bits per heavy atom. The van der Waals surface area contributed by atoms with Crippen molar-refractivity contribution in [2.45, 2.75) is 43.1 Å². The summed E-state index contributed by atoms with van der Waals surface area (Å²) in [6, 6.07) is 8.56. The predicted molar refractivity (Wildman–Crippen MR) is 67.1 cm³/mol. The van der Waals surface area contributed by atoms with Gasteiger partial charge in [-0.25, -0.2) is 0 Å². The van der Waals surface area contributed by atoms with Gasteiger partial charge in [0.1, 0.15) is 0 Å². The van der Waals surface area contributed by atoms with Crippen LogP contribution < -0.4 is 0 Å². The van der Waals surface area contributed by atoms with Gasteiger partial charge in [-0.1, -0.05) is 24.3 Å². The lowest BCUT2D eigenvalue weighted by Crippen LogP contribution is -2.19. The van der Waals surface area contributed by atoms with Gasteiger partial charge in [0.25, 0.3) is 0 Å². The van der Waals surface area contributed by atoms with Gasteiger partial charge in [0, 0.05) is 18.9 Å². The zero-order chi connectivity index (χ0) is 11.9. The topological polar surface area (TPSA) is 29.5 Å². The molecule has 0 radical (unpaired) electrons. The molecule has 2 aliphatic carbocycles. The third kappa shape index (κ3) is 2.12. The molecule has 1 N–H and O–H groups in total. The highest BCUT2D eigenvalue weighted by molar-refractivity contribution is 5.40. The van der Waals surface area contributed by atoms with Crippen LogP contribution in [0.5, 0.6) is 0 Å². The van der Waals surface area contributed by atoms with Gasteiger partial charge in [0.05, 0.1) is 12.2 Å². The Kier molecular flexibility index (Phi) is 2.53. The van der Waals surface area contributed by atoms with Crippen LogP contribution in [0.4, 0.5) is 0 Å². The van der Waals surface area contributed by atoms with Crippen molar-refractivity contribution in [1.82, 2.24) is 0 Å². The van der Waals surface area contributed by atoms with E-state index in [2.05, 4.69) is 24.3 Å². The van der Waals surface area contributed by atoms with E-state index in [9.17, 15) is 5.11 Å². The fourth-order valence-corrected chi connectivity index (χ4v) is 2.79. The van der Waals surface area contributed by atoms with Gasteiger partial charge in [-0.3, -0.25) is 0 Å². The summed E-state index contributed by atoms with van der Waals surface area (Å²) in [6.45, 7) is 0.808. The maximum Gasteiger partial charge on any atom is 0.0690 e. The fraction of sp³-hybridized carbons (Fsp3) is 0.600. The minimum absolute atomic E-state index is 0.247. The van der Waals surface area contributed by atoms with Crippen LogP contribution in [-0.2, 0) is 16.6 Å². The summed E-state index contributed by atoms with van der Waals surface area (Å²) in [5.41, 5.74) is 2.57. The average Bonchev–Trinajstić information content (AvgIpc) is 3.21. The number of aliphatic hydroxyl groups is 1. The van der Waals surface area contributed by atoms with Gasteiger partial charge in [-0.15, -0.1) is 0 Å². The van der Waals surface area contributed by atoms with E-state index >= 15 is 0 Å². The summed E-state index contributed by atoms with van der Waals surface area (Å²) in [7, 11) is 1.77. The van der Waals surface area contributed by atoms with Crippen LogP contribution in [0.25, 0.3) is 0 Å². The molecule has 2 fully saturated rings. The molecule has 2 aliphatic rings. The summed E-state index contributed by atoms with van der Waals surface area (Å²) < 4.78 is 5.36. The van der Waals surface area contributed by atoms with E-state index in [-0.39, 0.29) is 5.41 Å². The van der Waals surface area contributed by atoms with Crippen LogP contribution in [0.2, 0.25) is 0 Å². The standard InChI is InChI=1S/C15H20O2/c1-17-11-14(6-7-14)13-5-3-2-4-12(13)10-15(16)8-9-15/h2-5,16H,6-11H2,1H3. The van der Waals surface area contributed by atoms with Crippen molar-refractivity contribution in [3.05, 3.63) is 35.4 Å². The van der Waals surface area contributed by atoms with Gasteiger partial charge in [-0.2, -0.15) is 0 Å². The second kappa shape index (κ2) is 3.82. The molecule has 92 valence electrons. The van der Waals surface area contributed by atoms with Gasteiger partial charge >= 0.3 is 0 Å². The number of methoxy groups -OCH3 is 1. The second-order valence-electron chi connectivity index (χ2n) is 5.77. The zero-order valence-electron chi connectivity index (χ0n) is 10.4. The molecule has 2 saturated carbocycles. The van der Waals surface area contributed by atoms with Gasteiger partial charge in [-0.05, 0) is 36.8 Å². The van der Waals surface area contributed by atoms with E-state index < -0.39 is 5.60 Å². The van der Waals surface area contributed by atoms with Crippen molar-refractivity contribution < 1.29 is 9.84 Å². The molecule has 0 atom stereocenters. The summed E-state index contributed by atoms with van der Waals surface area (Å²) in [6.07, 6.45) is 5.17. The quantitative estimate of drug-likeness (QED) is 0.845. The first-order valence-electron chi connectivity index (χ1n) is 6.47. The maximum absolute atomic E-state index is 10.1. The number of hydrogen-bond donors (Lipinski definition) is 1. The molecule has 17 heavy (non-hydrogen) atoms. The Morgan fingerprint density at radius 2 is 1.88 bits per heavy atom.